The number of ether oxygens (including phenoxy) is 1. The van der Waals surface area contributed by atoms with E-state index in [4.69, 9.17) is 4.74 Å². The summed E-state index contributed by atoms with van der Waals surface area (Å²) in [5, 5.41) is 13.5. The molecule has 0 amide bonds. The van der Waals surface area contributed by atoms with Crippen molar-refractivity contribution in [2.75, 3.05) is 6.61 Å². The summed E-state index contributed by atoms with van der Waals surface area (Å²) >= 11 is 0. The molecule has 0 aliphatic heterocycles. The Morgan fingerprint density at radius 3 is 2.24 bits per heavy atom. The van der Waals surface area contributed by atoms with Crippen LogP contribution < -0.4 is 10.1 Å². The molecule has 0 heterocycles. The van der Waals surface area contributed by atoms with Crippen molar-refractivity contribution in [3.05, 3.63) is 29.8 Å². The summed E-state index contributed by atoms with van der Waals surface area (Å²) in [6.45, 7) is 8.74. The molecule has 0 spiro atoms. The van der Waals surface area contributed by atoms with E-state index in [0.717, 1.165) is 11.3 Å². The largest absolute Gasteiger partial charge is 0.494 e. The second-order valence-corrected chi connectivity index (χ2v) is 4.56. The van der Waals surface area contributed by atoms with Gasteiger partial charge in [-0.25, -0.2) is 0 Å². The van der Waals surface area contributed by atoms with Crippen molar-refractivity contribution < 1.29 is 9.84 Å². The zero-order valence-electron chi connectivity index (χ0n) is 11.1. The van der Waals surface area contributed by atoms with Crippen molar-refractivity contribution in [1.82, 2.24) is 5.32 Å². The standard InChI is InChI=1S/C14H23NO2/c1-5-17-13-8-6-12(7-9-13)14(16)11(4)15-10(2)3/h6-11,14-16H,5H2,1-4H3. The predicted molar refractivity (Wildman–Crippen MR) is 70.3 cm³/mol. The maximum atomic E-state index is 10.2. The van der Waals surface area contributed by atoms with Gasteiger partial charge in [-0.05, 0) is 31.5 Å². The fraction of sp³-hybridized carbons (Fsp3) is 0.571. The third-order valence-corrected chi connectivity index (χ3v) is 2.60. The van der Waals surface area contributed by atoms with Gasteiger partial charge in [-0.1, -0.05) is 26.0 Å². The molecular weight excluding hydrogens is 214 g/mol. The van der Waals surface area contributed by atoms with Crippen LogP contribution in [0.2, 0.25) is 0 Å². The fourth-order valence-electron chi connectivity index (χ4n) is 1.83. The number of nitrogens with one attached hydrogen (secondary N) is 1. The second-order valence-electron chi connectivity index (χ2n) is 4.56. The zero-order valence-corrected chi connectivity index (χ0v) is 11.1. The molecule has 0 aliphatic carbocycles. The number of benzene rings is 1. The summed E-state index contributed by atoms with van der Waals surface area (Å²) in [6.07, 6.45) is -0.493. The second kappa shape index (κ2) is 6.62. The minimum Gasteiger partial charge on any atom is -0.494 e. The Morgan fingerprint density at radius 1 is 1.18 bits per heavy atom. The van der Waals surface area contributed by atoms with Gasteiger partial charge in [0.1, 0.15) is 5.75 Å². The molecule has 3 nitrogen and oxygen atoms in total. The van der Waals surface area contributed by atoms with Crippen LogP contribution >= 0.6 is 0 Å². The van der Waals surface area contributed by atoms with Crippen LogP contribution in [0.25, 0.3) is 0 Å². The first-order valence-electron chi connectivity index (χ1n) is 6.21. The summed E-state index contributed by atoms with van der Waals surface area (Å²) in [6, 6.07) is 8.01. The van der Waals surface area contributed by atoms with Crippen molar-refractivity contribution in [1.29, 1.82) is 0 Å². The average Bonchev–Trinajstić information content (AvgIpc) is 2.28. The van der Waals surface area contributed by atoms with E-state index < -0.39 is 6.10 Å². The molecule has 2 N–H and O–H groups in total. The SMILES string of the molecule is CCOc1ccc(C(O)C(C)NC(C)C)cc1. The van der Waals surface area contributed by atoms with Gasteiger partial charge in [-0.3, -0.25) is 0 Å². The molecule has 0 aromatic heterocycles. The van der Waals surface area contributed by atoms with Crippen LogP contribution in [0.5, 0.6) is 5.75 Å². The molecule has 0 aliphatic rings. The maximum Gasteiger partial charge on any atom is 0.119 e. The number of aliphatic hydroxyl groups excluding tert-OH is 1. The van der Waals surface area contributed by atoms with E-state index in [1.807, 2.05) is 38.1 Å². The lowest BCUT2D eigenvalue weighted by molar-refractivity contribution is 0.131. The molecule has 0 bridgehead atoms. The van der Waals surface area contributed by atoms with Crippen LogP contribution in [-0.2, 0) is 0 Å². The summed E-state index contributed by atoms with van der Waals surface area (Å²) in [5.41, 5.74) is 0.911. The van der Waals surface area contributed by atoms with Gasteiger partial charge in [-0.2, -0.15) is 0 Å². The van der Waals surface area contributed by atoms with E-state index >= 15 is 0 Å². The van der Waals surface area contributed by atoms with Crippen molar-refractivity contribution in [3.8, 4) is 5.75 Å². The molecule has 1 aromatic rings. The molecule has 96 valence electrons. The predicted octanol–water partition coefficient (Wildman–Crippen LogP) is 2.51. The van der Waals surface area contributed by atoms with E-state index in [0.29, 0.717) is 12.6 Å². The van der Waals surface area contributed by atoms with Crippen molar-refractivity contribution in [3.63, 3.8) is 0 Å². The van der Waals surface area contributed by atoms with Gasteiger partial charge in [0.05, 0.1) is 12.7 Å². The zero-order chi connectivity index (χ0) is 12.8. The molecule has 0 saturated carbocycles. The highest BCUT2D eigenvalue weighted by Crippen LogP contribution is 2.20. The van der Waals surface area contributed by atoms with E-state index in [1.165, 1.54) is 0 Å². The van der Waals surface area contributed by atoms with Crippen LogP contribution in [0.3, 0.4) is 0 Å². The molecule has 0 radical (unpaired) electrons. The maximum absolute atomic E-state index is 10.2. The van der Waals surface area contributed by atoms with Crippen molar-refractivity contribution >= 4 is 0 Å². The van der Waals surface area contributed by atoms with Crippen LogP contribution in [0.4, 0.5) is 0 Å². The Labute approximate surface area is 104 Å². The molecule has 0 fully saturated rings. The van der Waals surface area contributed by atoms with Crippen molar-refractivity contribution in [2.24, 2.45) is 0 Å². The molecule has 2 unspecified atom stereocenters. The molecule has 1 aromatic carbocycles. The lowest BCUT2D eigenvalue weighted by Crippen LogP contribution is -2.36. The Morgan fingerprint density at radius 2 is 1.76 bits per heavy atom. The Kier molecular flexibility index (Phi) is 5.45. The normalized spacial score (nSPS) is 14.7. The topological polar surface area (TPSA) is 41.5 Å². The van der Waals surface area contributed by atoms with Gasteiger partial charge in [0.2, 0.25) is 0 Å². The number of hydrogen-bond acceptors (Lipinski definition) is 3. The highest BCUT2D eigenvalue weighted by atomic mass is 16.5. The van der Waals surface area contributed by atoms with E-state index in [9.17, 15) is 5.11 Å². The number of rotatable bonds is 6. The summed E-state index contributed by atoms with van der Waals surface area (Å²) in [7, 11) is 0. The first-order chi connectivity index (χ1) is 8.04. The monoisotopic (exact) mass is 237 g/mol. The highest BCUT2D eigenvalue weighted by Gasteiger charge is 2.16. The van der Waals surface area contributed by atoms with Crippen LogP contribution in [0.15, 0.2) is 24.3 Å². The van der Waals surface area contributed by atoms with Gasteiger partial charge >= 0.3 is 0 Å². The average molecular weight is 237 g/mol. The summed E-state index contributed by atoms with van der Waals surface area (Å²) in [5.74, 6) is 0.841. The van der Waals surface area contributed by atoms with Gasteiger partial charge in [0, 0.05) is 12.1 Å². The quantitative estimate of drug-likeness (QED) is 0.798. The molecular formula is C14H23NO2. The molecule has 17 heavy (non-hydrogen) atoms. The van der Waals surface area contributed by atoms with E-state index in [-0.39, 0.29) is 6.04 Å². The van der Waals surface area contributed by atoms with E-state index in [1.54, 1.807) is 0 Å². The van der Waals surface area contributed by atoms with Gasteiger partial charge in [0.15, 0.2) is 0 Å². The van der Waals surface area contributed by atoms with Gasteiger partial charge in [0.25, 0.3) is 0 Å². The molecule has 3 heteroatoms. The minimum absolute atomic E-state index is 0.0351. The number of hydrogen-bond donors (Lipinski definition) is 2. The Hall–Kier alpha value is -1.06. The highest BCUT2D eigenvalue weighted by molar-refractivity contribution is 5.29. The Balaban J connectivity index is 2.65. The van der Waals surface area contributed by atoms with Crippen LogP contribution in [0, 0.1) is 0 Å². The van der Waals surface area contributed by atoms with Gasteiger partial charge < -0.3 is 15.2 Å². The Bertz CT molecular complexity index is 321. The van der Waals surface area contributed by atoms with E-state index in [2.05, 4.69) is 19.2 Å². The smallest absolute Gasteiger partial charge is 0.119 e. The minimum atomic E-state index is -0.493. The lowest BCUT2D eigenvalue weighted by Gasteiger charge is -2.23. The van der Waals surface area contributed by atoms with Crippen LogP contribution in [-0.4, -0.2) is 23.8 Å². The van der Waals surface area contributed by atoms with Crippen molar-refractivity contribution in [2.45, 2.75) is 45.9 Å². The lowest BCUT2D eigenvalue weighted by atomic mass is 10.0. The fourth-order valence-corrected chi connectivity index (χ4v) is 1.83. The number of aliphatic hydroxyl groups is 1. The third-order valence-electron chi connectivity index (χ3n) is 2.60. The molecule has 1 rings (SSSR count). The summed E-state index contributed by atoms with van der Waals surface area (Å²) in [4.78, 5) is 0. The third kappa shape index (κ3) is 4.36. The van der Waals surface area contributed by atoms with Gasteiger partial charge in [-0.15, -0.1) is 0 Å². The summed E-state index contributed by atoms with van der Waals surface area (Å²) < 4.78 is 5.37. The molecule has 2 atom stereocenters. The molecule has 0 saturated heterocycles. The van der Waals surface area contributed by atoms with Crippen LogP contribution in [0.1, 0.15) is 39.4 Å². The first kappa shape index (κ1) is 14.0. The first-order valence-corrected chi connectivity index (χ1v) is 6.21.